The Bertz CT molecular complexity index is 907. The van der Waals surface area contributed by atoms with Gasteiger partial charge in [0.2, 0.25) is 5.91 Å². The highest BCUT2D eigenvalue weighted by Crippen LogP contribution is 2.25. The lowest BCUT2D eigenvalue weighted by Gasteiger charge is -2.19. The van der Waals surface area contributed by atoms with Crippen molar-refractivity contribution in [3.05, 3.63) is 69.2 Å². The number of aliphatic imine (C=N–C) groups is 1. The minimum atomic E-state index is -0.591. The lowest BCUT2D eigenvalue weighted by molar-refractivity contribution is -0.117. The molecule has 0 saturated heterocycles. The van der Waals surface area contributed by atoms with Gasteiger partial charge in [0, 0.05) is 29.2 Å². The maximum atomic E-state index is 11.9. The van der Waals surface area contributed by atoms with Gasteiger partial charge in [-0.1, -0.05) is 41.4 Å². The molecule has 0 heterocycles. The van der Waals surface area contributed by atoms with Crippen molar-refractivity contribution in [3.63, 3.8) is 0 Å². The molecule has 0 aliphatic rings. The van der Waals surface area contributed by atoms with Gasteiger partial charge in [-0.15, -0.1) is 24.0 Å². The zero-order valence-corrected chi connectivity index (χ0v) is 20.4. The number of nitrogens with one attached hydrogen (secondary N) is 3. The molecule has 0 spiro atoms. The Labute approximate surface area is 202 Å². The first-order chi connectivity index (χ1) is 13.8. The van der Waals surface area contributed by atoms with Gasteiger partial charge in [-0.3, -0.25) is 14.6 Å². The molecule has 1 atom stereocenters. The summed E-state index contributed by atoms with van der Waals surface area (Å²) in [5.74, 6) is -0.339. The van der Waals surface area contributed by atoms with Gasteiger partial charge in [0.25, 0.3) is 5.91 Å². The van der Waals surface area contributed by atoms with E-state index >= 15 is 0 Å². The van der Waals surface area contributed by atoms with Crippen molar-refractivity contribution in [3.8, 4) is 0 Å². The number of carbonyl (C=O) groups excluding carboxylic acids is 2. The zero-order chi connectivity index (χ0) is 21.4. The predicted octanol–water partition coefficient (Wildman–Crippen LogP) is 3.25. The fraction of sp³-hybridized carbons (Fsp3) is 0.250. The van der Waals surface area contributed by atoms with Crippen LogP contribution in [0.2, 0.25) is 10.0 Å². The molecule has 2 rings (SSSR count). The predicted molar refractivity (Wildman–Crippen MR) is 132 cm³/mol. The highest BCUT2D eigenvalue weighted by atomic mass is 127. The summed E-state index contributed by atoms with van der Waals surface area (Å²) in [6.45, 7) is 2.28. The molecular formula is C20H24Cl2IN5O2. The second-order valence-corrected chi connectivity index (χ2v) is 7.15. The van der Waals surface area contributed by atoms with Crippen LogP contribution in [0.3, 0.4) is 0 Å². The van der Waals surface area contributed by atoms with Crippen LogP contribution >= 0.6 is 47.2 Å². The number of primary amides is 1. The first-order valence-electron chi connectivity index (χ1n) is 8.87. The quantitative estimate of drug-likeness (QED) is 0.235. The van der Waals surface area contributed by atoms with Gasteiger partial charge in [0.15, 0.2) is 5.96 Å². The second-order valence-electron chi connectivity index (χ2n) is 6.30. The summed E-state index contributed by atoms with van der Waals surface area (Å²) in [6.07, 6.45) is 0. The van der Waals surface area contributed by atoms with E-state index in [1.54, 1.807) is 31.3 Å². The number of hydrogen-bond donors (Lipinski definition) is 4. The van der Waals surface area contributed by atoms with E-state index in [0.717, 1.165) is 11.1 Å². The number of amides is 2. The number of nitrogens with zero attached hydrogens (tertiary/aromatic N) is 1. The maximum Gasteiger partial charge on any atom is 0.251 e. The summed E-state index contributed by atoms with van der Waals surface area (Å²) in [5.41, 5.74) is 7.33. The molecule has 0 bridgehead atoms. The molecule has 10 heteroatoms. The molecule has 0 radical (unpaired) electrons. The number of guanidine groups is 1. The Morgan fingerprint density at radius 3 is 2.33 bits per heavy atom. The van der Waals surface area contributed by atoms with Crippen molar-refractivity contribution in [2.45, 2.75) is 19.5 Å². The van der Waals surface area contributed by atoms with Crippen LogP contribution in [0.25, 0.3) is 0 Å². The van der Waals surface area contributed by atoms with Crippen molar-refractivity contribution >= 4 is 65.0 Å². The van der Waals surface area contributed by atoms with E-state index in [4.69, 9.17) is 28.9 Å². The van der Waals surface area contributed by atoms with E-state index in [-0.39, 0.29) is 42.5 Å². The van der Waals surface area contributed by atoms with Crippen molar-refractivity contribution in [2.24, 2.45) is 10.7 Å². The minimum Gasteiger partial charge on any atom is -0.368 e. The van der Waals surface area contributed by atoms with Crippen LogP contribution < -0.4 is 21.7 Å². The van der Waals surface area contributed by atoms with E-state index in [9.17, 15) is 9.59 Å². The van der Waals surface area contributed by atoms with Gasteiger partial charge in [0.05, 0.1) is 12.6 Å². The Balaban J connectivity index is 0.00000450. The van der Waals surface area contributed by atoms with Gasteiger partial charge in [-0.05, 0) is 42.3 Å². The van der Waals surface area contributed by atoms with Gasteiger partial charge in [-0.2, -0.15) is 0 Å². The van der Waals surface area contributed by atoms with Crippen LogP contribution in [0, 0.1) is 0 Å². The van der Waals surface area contributed by atoms with E-state index in [1.807, 2.05) is 25.1 Å². The van der Waals surface area contributed by atoms with Crippen molar-refractivity contribution < 1.29 is 9.59 Å². The topological polar surface area (TPSA) is 109 Å². The summed E-state index contributed by atoms with van der Waals surface area (Å²) in [7, 11) is 1.68. The molecule has 0 aromatic heterocycles. The third-order valence-electron chi connectivity index (χ3n) is 4.11. The van der Waals surface area contributed by atoms with Crippen molar-refractivity contribution in [1.29, 1.82) is 0 Å². The van der Waals surface area contributed by atoms with Crippen LogP contribution in [0.4, 0.5) is 0 Å². The van der Waals surface area contributed by atoms with Gasteiger partial charge in [0.1, 0.15) is 0 Å². The zero-order valence-electron chi connectivity index (χ0n) is 16.5. The fourth-order valence-electron chi connectivity index (χ4n) is 2.56. The van der Waals surface area contributed by atoms with Gasteiger partial charge in [-0.25, -0.2) is 0 Å². The SMILES string of the molecule is CN=C(NCc1ccc(C(=O)NCC(N)=O)cc1)NC(C)c1ccc(Cl)cc1Cl.I. The van der Waals surface area contributed by atoms with Gasteiger partial charge < -0.3 is 21.7 Å². The average molecular weight is 564 g/mol. The Morgan fingerprint density at radius 1 is 1.10 bits per heavy atom. The second kappa shape index (κ2) is 12.6. The minimum absolute atomic E-state index is 0. The largest absolute Gasteiger partial charge is 0.368 e. The molecule has 1 unspecified atom stereocenters. The molecule has 2 aromatic rings. The molecule has 162 valence electrons. The Hall–Kier alpha value is -2.04. The first-order valence-corrected chi connectivity index (χ1v) is 9.63. The van der Waals surface area contributed by atoms with E-state index in [0.29, 0.717) is 28.1 Å². The number of hydrogen-bond acceptors (Lipinski definition) is 3. The molecule has 5 N–H and O–H groups in total. The highest BCUT2D eigenvalue weighted by molar-refractivity contribution is 14.0. The summed E-state index contributed by atoms with van der Waals surface area (Å²) >= 11 is 12.2. The molecular weight excluding hydrogens is 540 g/mol. The highest BCUT2D eigenvalue weighted by Gasteiger charge is 2.12. The number of nitrogens with two attached hydrogens (primary N) is 1. The summed E-state index contributed by atoms with van der Waals surface area (Å²) in [6, 6.07) is 12.3. The van der Waals surface area contributed by atoms with Gasteiger partial charge >= 0.3 is 0 Å². The van der Waals surface area contributed by atoms with Crippen LogP contribution in [0.1, 0.15) is 34.5 Å². The molecule has 7 nitrogen and oxygen atoms in total. The molecule has 0 saturated carbocycles. The van der Waals surface area contributed by atoms with Crippen LogP contribution in [0.15, 0.2) is 47.5 Å². The molecule has 2 amide bonds. The third-order valence-corrected chi connectivity index (χ3v) is 4.67. The Kier molecular flexibility index (Phi) is 10.9. The van der Waals surface area contributed by atoms with Crippen LogP contribution in [0.5, 0.6) is 0 Å². The summed E-state index contributed by atoms with van der Waals surface area (Å²) in [5, 5.41) is 10.1. The van der Waals surface area contributed by atoms with Crippen LogP contribution in [-0.2, 0) is 11.3 Å². The van der Waals surface area contributed by atoms with E-state index in [1.165, 1.54) is 0 Å². The normalized spacial score (nSPS) is 11.8. The monoisotopic (exact) mass is 563 g/mol. The Morgan fingerprint density at radius 2 is 1.77 bits per heavy atom. The maximum absolute atomic E-state index is 11.9. The lowest BCUT2D eigenvalue weighted by Crippen LogP contribution is -2.38. The molecule has 0 aliphatic carbocycles. The number of carbonyl (C=O) groups is 2. The number of rotatable bonds is 7. The molecule has 30 heavy (non-hydrogen) atoms. The average Bonchev–Trinajstić information content (AvgIpc) is 2.69. The number of halogens is 3. The van der Waals surface area contributed by atoms with Crippen molar-refractivity contribution in [1.82, 2.24) is 16.0 Å². The van der Waals surface area contributed by atoms with E-state index in [2.05, 4.69) is 20.9 Å². The molecule has 0 fully saturated rings. The smallest absolute Gasteiger partial charge is 0.251 e. The van der Waals surface area contributed by atoms with E-state index < -0.39 is 5.91 Å². The molecule has 0 aliphatic heterocycles. The summed E-state index contributed by atoms with van der Waals surface area (Å²) in [4.78, 5) is 26.9. The first kappa shape index (κ1) is 26.0. The van der Waals surface area contributed by atoms with Crippen LogP contribution in [-0.4, -0.2) is 31.4 Å². The standard InChI is InChI=1S/C20H23Cl2N5O2.HI/c1-12(16-8-7-15(21)9-17(16)22)27-20(24-2)26-10-13-3-5-14(6-4-13)19(29)25-11-18(23)28;/h3-9,12H,10-11H2,1-2H3,(H2,23,28)(H,25,29)(H2,24,26,27);1H. The lowest BCUT2D eigenvalue weighted by atomic mass is 10.1. The van der Waals surface area contributed by atoms with Crippen molar-refractivity contribution in [2.75, 3.05) is 13.6 Å². The third kappa shape index (κ3) is 8.00. The fourth-order valence-corrected chi connectivity index (χ4v) is 3.13. The molecule has 2 aromatic carbocycles. The summed E-state index contributed by atoms with van der Waals surface area (Å²) < 4.78 is 0. The number of benzene rings is 2.